The highest BCUT2D eigenvalue weighted by atomic mass is 16.1. The first-order chi connectivity index (χ1) is 14.6. The highest BCUT2D eigenvalue weighted by Crippen LogP contribution is 2.39. The van der Waals surface area contributed by atoms with E-state index in [1.807, 2.05) is 19.2 Å². The minimum absolute atomic E-state index is 0.0657. The van der Waals surface area contributed by atoms with Gasteiger partial charge in [-0.15, -0.1) is 4.99 Å². The molecular weight excluding hydrogens is 376 g/mol. The Bertz CT molecular complexity index is 926. The summed E-state index contributed by atoms with van der Waals surface area (Å²) in [4.78, 5) is 20.6. The van der Waals surface area contributed by atoms with Gasteiger partial charge < -0.3 is 16.0 Å². The van der Waals surface area contributed by atoms with Crippen LogP contribution in [-0.4, -0.2) is 36.5 Å². The molecule has 2 aromatic rings. The van der Waals surface area contributed by atoms with Gasteiger partial charge in [-0.25, -0.2) is 0 Å². The number of hydrogen-bond donors (Lipinski definition) is 3. The zero-order valence-electron chi connectivity index (χ0n) is 17.5. The summed E-state index contributed by atoms with van der Waals surface area (Å²) in [6.07, 6.45) is 8.86. The zero-order chi connectivity index (χ0) is 21.4. The molecule has 1 fully saturated rings. The van der Waals surface area contributed by atoms with Crippen LogP contribution in [0.1, 0.15) is 47.2 Å². The Labute approximate surface area is 177 Å². The largest absolute Gasteiger partial charge is 0.359 e. The van der Waals surface area contributed by atoms with Crippen LogP contribution in [0.3, 0.4) is 0 Å². The number of hydrogen-bond acceptors (Lipinski definition) is 4. The minimum Gasteiger partial charge on any atom is -0.359 e. The monoisotopic (exact) mass is 404 g/mol. The van der Waals surface area contributed by atoms with Gasteiger partial charge >= 0.3 is 0 Å². The van der Waals surface area contributed by atoms with Crippen molar-refractivity contribution in [1.82, 2.24) is 20.9 Å². The fourth-order valence-electron chi connectivity index (χ4n) is 4.15. The molecule has 3 rings (SSSR count). The normalized spacial score (nSPS) is 21.4. The van der Waals surface area contributed by atoms with E-state index in [-0.39, 0.29) is 17.4 Å². The van der Waals surface area contributed by atoms with Gasteiger partial charge in [0, 0.05) is 43.0 Å². The predicted molar refractivity (Wildman–Crippen MR) is 117 cm³/mol. The number of carbonyl (C=O) groups is 1. The van der Waals surface area contributed by atoms with E-state index in [2.05, 4.69) is 50.2 Å². The number of benzene rings is 1. The van der Waals surface area contributed by atoms with Crippen molar-refractivity contribution in [3.63, 3.8) is 0 Å². The molecule has 0 saturated heterocycles. The minimum atomic E-state index is -0.123. The lowest BCUT2D eigenvalue weighted by Gasteiger charge is -2.41. The molecule has 0 aliphatic heterocycles. The predicted octanol–water partition coefficient (Wildman–Crippen LogP) is 2.65. The number of rotatable bonds is 5. The second-order valence-corrected chi connectivity index (χ2v) is 7.75. The molecule has 0 unspecified atom stereocenters. The highest BCUT2D eigenvalue weighted by Gasteiger charge is 2.37. The Hall–Kier alpha value is -3.40. The number of aryl methyl sites for hydroxylation is 1. The van der Waals surface area contributed by atoms with Crippen LogP contribution in [0.5, 0.6) is 0 Å². The van der Waals surface area contributed by atoms with E-state index in [9.17, 15) is 4.79 Å². The summed E-state index contributed by atoms with van der Waals surface area (Å²) in [5.41, 5.74) is 2.65. The van der Waals surface area contributed by atoms with Gasteiger partial charge in [0.2, 0.25) is 12.2 Å². The number of guanidine groups is 1. The molecule has 1 heterocycles. The molecule has 1 aromatic carbocycles. The van der Waals surface area contributed by atoms with Crippen LogP contribution in [-0.2, 0) is 5.41 Å². The molecule has 3 N–H and O–H groups in total. The maximum Gasteiger partial charge on any atom is 0.251 e. The Morgan fingerprint density at radius 1 is 1.27 bits per heavy atom. The molecule has 1 aromatic heterocycles. The van der Waals surface area contributed by atoms with E-state index in [1.54, 1.807) is 25.5 Å². The van der Waals surface area contributed by atoms with Crippen molar-refractivity contribution in [2.75, 3.05) is 13.6 Å². The lowest BCUT2D eigenvalue weighted by molar-refractivity contribution is 0.0934. The second kappa shape index (κ2) is 9.88. The van der Waals surface area contributed by atoms with Gasteiger partial charge in [-0.3, -0.25) is 9.78 Å². The fourth-order valence-corrected chi connectivity index (χ4v) is 4.15. The van der Waals surface area contributed by atoms with Crippen molar-refractivity contribution >= 4 is 11.9 Å². The third-order valence-corrected chi connectivity index (χ3v) is 5.92. The average molecular weight is 405 g/mol. The molecular formula is C23H28N6O. The standard InChI is InChI=1S/C23H28N6O/c1-17-14-26-13-10-20(17)21(30)27-15-23(18-6-4-3-5-7-18)11-8-19(9-12-23)29-22(25-2)28-16-24/h3-7,10,13-14,19H,8-9,11-12,15H2,1-2H3,(H,27,30)(H2,25,28,29)/t19-,23-. The number of pyridine rings is 1. The summed E-state index contributed by atoms with van der Waals surface area (Å²) >= 11 is 0. The van der Waals surface area contributed by atoms with E-state index in [0.717, 1.165) is 31.2 Å². The SMILES string of the molecule is CN/C(=N\C#N)N[C@H]1CC[C@](CNC(=O)c2ccncc2C)(c2ccccc2)CC1. The number of carbonyl (C=O) groups excluding carboxylic acids is 1. The molecule has 7 heteroatoms. The Balaban J connectivity index is 1.73. The third-order valence-electron chi connectivity index (χ3n) is 5.92. The summed E-state index contributed by atoms with van der Waals surface area (Å²) in [5, 5.41) is 18.2. The van der Waals surface area contributed by atoms with Crippen molar-refractivity contribution in [2.45, 2.75) is 44.1 Å². The van der Waals surface area contributed by atoms with Crippen molar-refractivity contribution in [3.8, 4) is 6.19 Å². The van der Waals surface area contributed by atoms with Gasteiger partial charge in [-0.05, 0) is 49.8 Å². The second-order valence-electron chi connectivity index (χ2n) is 7.75. The fraction of sp³-hybridized carbons (Fsp3) is 0.391. The lowest BCUT2D eigenvalue weighted by Crippen LogP contribution is -2.49. The van der Waals surface area contributed by atoms with Gasteiger partial charge in [0.15, 0.2) is 0 Å². The summed E-state index contributed by atoms with van der Waals surface area (Å²) in [7, 11) is 1.75. The topological polar surface area (TPSA) is 102 Å². The molecule has 156 valence electrons. The first-order valence-corrected chi connectivity index (χ1v) is 10.2. The lowest BCUT2D eigenvalue weighted by atomic mass is 9.68. The number of nitrogens with one attached hydrogen (secondary N) is 3. The molecule has 1 saturated carbocycles. The number of aromatic nitrogens is 1. The van der Waals surface area contributed by atoms with E-state index in [0.29, 0.717) is 18.1 Å². The van der Waals surface area contributed by atoms with E-state index in [1.165, 1.54) is 5.56 Å². The third kappa shape index (κ3) is 4.95. The summed E-state index contributed by atoms with van der Waals surface area (Å²) < 4.78 is 0. The van der Waals surface area contributed by atoms with Gasteiger partial charge in [-0.2, -0.15) is 5.26 Å². The Morgan fingerprint density at radius 3 is 2.63 bits per heavy atom. The average Bonchev–Trinajstić information content (AvgIpc) is 2.79. The quantitative estimate of drug-likeness (QED) is 0.404. The number of nitriles is 1. The number of aliphatic imine (C=N–C) groups is 1. The smallest absolute Gasteiger partial charge is 0.251 e. The van der Waals surface area contributed by atoms with Crippen LogP contribution < -0.4 is 16.0 Å². The van der Waals surface area contributed by atoms with E-state index >= 15 is 0 Å². The van der Waals surface area contributed by atoms with Gasteiger partial charge in [0.1, 0.15) is 0 Å². The molecule has 7 nitrogen and oxygen atoms in total. The highest BCUT2D eigenvalue weighted by molar-refractivity contribution is 5.95. The van der Waals surface area contributed by atoms with Gasteiger partial charge in [0.25, 0.3) is 5.91 Å². The first-order valence-electron chi connectivity index (χ1n) is 10.2. The summed E-state index contributed by atoms with van der Waals surface area (Å²) in [6.45, 7) is 2.48. The molecule has 0 bridgehead atoms. The van der Waals surface area contributed by atoms with Crippen LogP contribution >= 0.6 is 0 Å². The van der Waals surface area contributed by atoms with Gasteiger partial charge in [0.05, 0.1) is 0 Å². The Kier molecular flexibility index (Phi) is 7.02. The van der Waals surface area contributed by atoms with Crippen LogP contribution in [0.15, 0.2) is 53.8 Å². The maximum absolute atomic E-state index is 12.8. The molecule has 1 amide bonds. The number of amides is 1. The van der Waals surface area contributed by atoms with Crippen molar-refractivity contribution < 1.29 is 4.79 Å². The molecule has 1 aliphatic rings. The summed E-state index contributed by atoms with van der Waals surface area (Å²) in [5.74, 6) is 0.431. The van der Waals surface area contributed by atoms with Crippen molar-refractivity contribution in [3.05, 3.63) is 65.5 Å². The molecule has 1 aliphatic carbocycles. The maximum atomic E-state index is 12.8. The molecule has 0 radical (unpaired) electrons. The molecule has 30 heavy (non-hydrogen) atoms. The molecule has 0 atom stereocenters. The first kappa shape index (κ1) is 21.3. The summed E-state index contributed by atoms with van der Waals surface area (Å²) in [6, 6.07) is 12.4. The van der Waals surface area contributed by atoms with Crippen molar-refractivity contribution in [2.24, 2.45) is 4.99 Å². The van der Waals surface area contributed by atoms with Crippen molar-refractivity contribution in [1.29, 1.82) is 5.26 Å². The van der Waals surface area contributed by atoms with E-state index in [4.69, 9.17) is 5.26 Å². The van der Waals surface area contributed by atoms with E-state index < -0.39 is 0 Å². The zero-order valence-corrected chi connectivity index (χ0v) is 17.5. The van der Waals surface area contributed by atoms with Gasteiger partial charge in [-0.1, -0.05) is 30.3 Å². The molecule has 0 spiro atoms. The Morgan fingerprint density at radius 2 is 2.00 bits per heavy atom. The van der Waals surface area contributed by atoms with Crippen LogP contribution in [0.25, 0.3) is 0 Å². The van der Waals surface area contributed by atoms with Crippen LogP contribution in [0.2, 0.25) is 0 Å². The number of nitrogens with zero attached hydrogens (tertiary/aromatic N) is 3. The van der Waals surface area contributed by atoms with Crippen LogP contribution in [0.4, 0.5) is 0 Å². The van der Waals surface area contributed by atoms with Crippen LogP contribution in [0, 0.1) is 18.4 Å².